The third-order valence-corrected chi connectivity index (χ3v) is 5.30. The largest absolute Gasteiger partial charge is 0.274 e. The zero-order valence-electron chi connectivity index (χ0n) is 10.9. The van der Waals surface area contributed by atoms with Crippen LogP contribution >= 0.6 is 0 Å². The highest BCUT2D eigenvalue weighted by Gasteiger charge is 2.32. The monoisotopic (exact) mass is 277 g/mol. The minimum absolute atomic E-state index is 0.284. The third kappa shape index (κ3) is 1.83. The van der Waals surface area contributed by atoms with Crippen LogP contribution in [0.1, 0.15) is 11.3 Å². The lowest BCUT2D eigenvalue weighted by molar-refractivity contribution is 0.591. The van der Waals surface area contributed by atoms with Gasteiger partial charge >= 0.3 is 0 Å². The van der Waals surface area contributed by atoms with Gasteiger partial charge in [0, 0.05) is 19.8 Å². The number of para-hydroxylation sites is 1. The summed E-state index contributed by atoms with van der Waals surface area (Å²) in [6.45, 7) is 2.21. The van der Waals surface area contributed by atoms with E-state index in [1.54, 1.807) is 20.2 Å². The molecule has 0 fully saturated rings. The minimum Gasteiger partial charge on any atom is -0.274 e. The summed E-state index contributed by atoms with van der Waals surface area (Å²) in [6.07, 6.45) is 2.32. The number of rotatable bonds is 2. The molecule has 2 heterocycles. The molecule has 100 valence electrons. The van der Waals surface area contributed by atoms with E-state index in [0.29, 0.717) is 12.2 Å². The van der Waals surface area contributed by atoms with E-state index in [4.69, 9.17) is 0 Å². The van der Waals surface area contributed by atoms with Gasteiger partial charge in [-0.2, -0.15) is 5.10 Å². The number of hydrogen-bond acceptors (Lipinski definition) is 3. The van der Waals surface area contributed by atoms with E-state index < -0.39 is 10.0 Å². The van der Waals surface area contributed by atoms with E-state index in [1.807, 2.05) is 24.3 Å². The Balaban J connectivity index is 2.11. The van der Waals surface area contributed by atoms with Gasteiger partial charge in [-0.1, -0.05) is 18.2 Å². The Labute approximate surface area is 112 Å². The van der Waals surface area contributed by atoms with Crippen molar-refractivity contribution in [1.29, 1.82) is 0 Å². The fourth-order valence-corrected chi connectivity index (χ4v) is 4.21. The number of aromatic nitrogens is 2. The lowest BCUT2D eigenvalue weighted by atomic mass is 10.2. The number of aryl methyl sites for hydroxylation is 2. The molecular weight excluding hydrogens is 262 g/mol. The summed E-state index contributed by atoms with van der Waals surface area (Å²) in [5, 5.41) is 4.12. The van der Waals surface area contributed by atoms with Crippen molar-refractivity contribution in [2.24, 2.45) is 7.05 Å². The highest BCUT2D eigenvalue weighted by molar-refractivity contribution is 7.92. The van der Waals surface area contributed by atoms with Gasteiger partial charge in [0.25, 0.3) is 10.0 Å². The van der Waals surface area contributed by atoms with Gasteiger partial charge in [0.1, 0.15) is 4.90 Å². The molecule has 0 amide bonds. The molecule has 3 rings (SSSR count). The zero-order valence-corrected chi connectivity index (χ0v) is 11.7. The highest BCUT2D eigenvalue weighted by atomic mass is 32.2. The molecule has 0 radical (unpaired) electrons. The Hall–Kier alpha value is -1.82. The van der Waals surface area contributed by atoms with E-state index in [0.717, 1.165) is 17.7 Å². The molecule has 0 bridgehead atoms. The van der Waals surface area contributed by atoms with Gasteiger partial charge in [-0.3, -0.25) is 8.99 Å². The van der Waals surface area contributed by atoms with Crippen molar-refractivity contribution >= 4 is 15.7 Å². The van der Waals surface area contributed by atoms with Crippen molar-refractivity contribution in [2.45, 2.75) is 18.2 Å². The molecule has 1 aliphatic rings. The first kappa shape index (κ1) is 12.2. The number of anilines is 1. The van der Waals surface area contributed by atoms with E-state index in [-0.39, 0.29) is 4.90 Å². The average molecular weight is 277 g/mol. The van der Waals surface area contributed by atoms with E-state index in [1.165, 1.54) is 8.99 Å². The number of hydrogen-bond donors (Lipinski definition) is 0. The molecule has 0 N–H and O–H groups in total. The standard InChI is InChI=1S/C13H15N3O2S/c1-10-13(9-15(2)14-10)19(17,18)16-8-7-11-5-3-4-6-12(11)16/h3-6,9H,7-8H2,1-2H3. The highest BCUT2D eigenvalue weighted by Crippen LogP contribution is 2.33. The van der Waals surface area contributed by atoms with Gasteiger partial charge in [0.05, 0.1) is 11.4 Å². The maximum absolute atomic E-state index is 12.7. The Morgan fingerprint density at radius 1 is 1.26 bits per heavy atom. The molecule has 6 heteroatoms. The van der Waals surface area contributed by atoms with E-state index in [9.17, 15) is 8.42 Å². The normalized spacial score (nSPS) is 14.7. The molecule has 19 heavy (non-hydrogen) atoms. The smallest absolute Gasteiger partial charge is 0.267 e. The van der Waals surface area contributed by atoms with Gasteiger partial charge in [0.15, 0.2) is 0 Å². The third-order valence-electron chi connectivity index (χ3n) is 3.38. The van der Waals surface area contributed by atoms with Crippen LogP contribution in [0, 0.1) is 6.92 Å². The summed E-state index contributed by atoms with van der Waals surface area (Å²) >= 11 is 0. The fraction of sp³-hybridized carbons (Fsp3) is 0.308. The van der Waals surface area contributed by atoms with Gasteiger partial charge in [0.2, 0.25) is 0 Å². The lowest BCUT2D eigenvalue weighted by Gasteiger charge is -2.18. The molecule has 1 aliphatic heterocycles. The van der Waals surface area contributed by atoms with Crippen LogP contribution in [0.15, 0.2) is 35.4 Å². The Morgan fingerprint density at radius 3 is 2.68 bits per heavy atom. The Bertz CT molecular complexity index is 734. The van der Waals surface area contributed by atoms with E-state index in [2.05, 4.69) is 5.10 Å². The quantitative estimate of drug-likeness (QED) is 0.835. The van der Waals surface area contributed by atoms with Crippen molar-refractivity contribution in [3.8, 4) is 0 Å². The van der Waals surface area contributed by atoms with Crippen LogP contribution in [-0.2, 0) is 23.5 Å². The van der Waals surface area contributed by atoms with Crippen LogP contribution in [0.3, 0.4) is 0 Å². The average Bonchev–Trinajstić information content (AvgIpc) is 2.93. The Kier molecular flexibility index (Phi) is 2.63. The maximum atomic E-state index is 12.7. The zero-order chi connectivity index (χ0) is 13.6. The van der Waals surface area contributed by atoms with Crippen molar-refractivity contribution in [1.82, 2.24) is 9.78 Å². The molecule has 0 atom stereocenters. The SMILES string of the molecule is Cc1nn(C)cc1S(=O)(=O)N1CCc2ccccc21. The van der Waals surface area contributed by atoms with Crippen LogP contribution in [-0.4, -0.2) is 24.7 Å². The molecule has 1 aromatic heterocycles. The second-order valence-electron chi connectivity index (χ2n) is 4.71. The summed E-state index contributed by atoms with van der Waals surface area (Å²) in [7, 11) is -1.79. The minimum atomic E-state index is -3.51. The van der Waals surface area contributed by atoms with Crippen LogP contribution in [0.2, 0.25) is 0 Å². The van der Waals surface area contributed by atoms with Crippen molar-refractivity contribution in [3.63, 3.8) is 0 Å². The van der Waals surface area contributed by atoms with Crippen LogP contribution in [0.25, 0.3) is 0 Å². The molecule has 5 nitrogen and oxygen atoms in total. The summed E-state index contributed by atoms with van der Waals surface area (Å²) < 4.78 is 28.4. The molecule has 0 unspecified atom stereocenters. The van der Waals surface area contributed by atoms with Crippen molar-refractivity contribution in [3.05, 3.63) is 41.7 Å². The molecule has 0 saturated carbocycles. The first-order valence-electron chi connectivity index (χ1n) is 6.11. The molecule has 0 spiro atoms. The summed E-state index contributed by atoms with van der Waals surface area (Å²) in [4.78, 5) is 0.284. The van der Waals surface area contributed by atoms with Crippen molar-refractivity contribution < 1.29 is 8.42 Å². The second-order valence-corrected chi connectivity index (χ2v) is 6.54. The number of sulfonamides is 1. The second kappa shape index (κ2) is 4.09. The first-order valence-corrected chi connectivity index (χ1v) is 7.55. The van der Waals surface area contributed by atoms with Crippen molar-refractivity contribution in [2.75, 3.05) is 10.8 Å². The number of fused-ring (bicyclic) bond motifs is 1. The first-order chi connectivity index (χ1) is 9.00. The predicted octanol–water partition coefficient (Wildman–Crippen LogP) is 1.48. The molecule has 2 aromatic rings. The molecule has 0 aliphatic carbocycles. The van der Waals surface area contributed by atoms with Gasteiger partial charge in [-0.15, -0.1) is 0 Å². The number of nitrogens with zero attached hydrogens (tertiary/aromatic N) is 3. The van der Waals surface area contributed by atoms with E-state index >= 15 is 0 Å². The molecule has 0 saturated heterocycles. The summed E-state index contributed by atoms with van der Waals surface area (Å²) in [5.41, 5.74) is 2.39. The van der Waals surface area contributed by atoms with Crippen LogP contribution in [0.5, 0.6) is 0 Å². The molecular formula is C13H15N3O2S. The van der Waals surface area contributed by atoms with Crippen LogP contribution < -0.4 is 4.31 Å². The summed E-state index contributed by atoms with van der Waals surface area (Å²) in [5.74, 6) is 0. The van der Waals surface area contributed by atoms with Gasteiger partial charge in [-0.25, -0.2) is 8.42 Å². The number of benzene rings is 1. The maximum Gasteiger partial charge on any atom is 0.267 e. The summed E-state index contributed by atoms with van der Waals surface area (Å²) in [6, 6.07) is 7.62. The molecule has 1 aromatic carbocycles. The topological polar surface area (TPSA) is 55.2 Å². The van der Waals surface area contributed by atoms with Gasteiger partial charge in [-0.05, 0) is 25.0 Å². The van der Waals surface area contributed by atoms with Crippen LogP contribution in [0.4, 0.5) is 5.69 Å². The predicted molar refractivity (Wildman–Crippen MR) is 72.6 cm³/mol. The Morgan fingerprint density at radius 2 is 2.00 bits per heavy atom. The fourth-order valence-electron chi connectivity index (χ4n) is 2.51. The lowest BCUT2D eigenvalue weighted by Crippen LogP contribution is -2.29. The van der Waals surface area contributed by atoms with Gasteiger partial charge < -0.3 is 0 Å².